The van der Waals surface area contributed by atoms with Crippen molar-refractivity contribution in [1.29, 1.82) is 0 Å². The maximum atomic E-state index is 12.2. The van der Waals surface area contributed by atoms with Crippen molar-refractivity contribution in [3.8, 4) is 17.1 Å². The van der Waals surface area contributed by atoms with Gasteiger partial charge in [0.15, 0.2) is 0 Å². The maximum Gasteiger partial charge on any atom is 0.239 e. The summed E-state index contributed by atoms with van der Waals surface area (Å²) in [5.74, 6) is 3.09. The van der Waals surface area contributed by atoms with E-state index in [1.165, 1.54) is 0 Å². The number of methoxy groups -OCH3 is 1. The standard InChI is InChI=1S/C16H17N3O4S/c1-10-11(2)22-14(17-10)8-24(20)9-15-18-16(19-23-15)12-4-6-13(21-3)7-5-12/h4-7H,8-9H2,1-3H3/t24-/m0/s1. The lowest BCUT2D eigenvalue weighted by Crippen LogP contribution is -2.00. The fourth-order valence-electron chi connectivity index (χ4n) is 2.10. The van der Waals surface area contributed by atoms with Gasteiger partial charge in [-0.15, -0.1) is 0 Å². The molecule has 0 aliphatic rings. The fraction of sp³-hybridized carbons (Fsp3) is 0.312. The lowest BCUT2D eigenvalue weighted by molar-refractivity contribution is 0.390. The van der Waals surface area contributed by atoms with Crippen LogP contribution in [0.2, 0.25) is 0 Å². The van der Waals surface area contributed by atoms with E-state index in [-0.39, 0.29) is 11.5 Å². The van der Waals surface area contributed by atoms with Crippen molar-refractivity contribution >= 4 is 10.8 Å². The third-order valence-corrected chi connectivity index (χ3v) is 4.60. The Morgan fingerprint density at radius 3 is 2.42 bits per heavy atom. The van der Waals surface area contributed by atoms with E-state index in [1.807, 2.05) is 38.1 Å². The number of oxazole rings is 1. The van der Waals surface area contributed by atoms with Gasteiger partial charge in [0.05, 0.1) is 12.8 Å². The van der Waals surface area contributed by atoms with Crippen LogP contribution in [-0.4, -0.2) is 26.4 Å². The SMILES string of the molecule is COc1ccc(-c2noc(C[S@@](=O)Cc3nc(C)c(C)o3)n2)cc1. The average Bonchev–Trinajstić information content (AvgIpc) is 3.14. The van der Waals surface area contributed by atoms with Gasteiger partial charge in [0.1, 0.15) is 23.0 Å². The highest BCUT2D eigenvalue weighted by Gasteiger charge is 2.15. The van der Waals surface area contributed by atoms with Gasteiger partial charge >= 0.3 is 0 Å². The van der Waals surface area contributed by atoms with E-state index in [0.717, 1.165) is 22.8 Å². The highest BCUT2D eigenvalue weighted by atomic mass is 32.2. The van der Waals surface area contributed by atoms with Crippen LogP contribution in [0.1, 0.15) is 23.2 Å². The lowest BCUT2D eigenvalue weighted by atomic mass is 10.2. The number of aryl methyl sites for hydroxylation is 2. The van der Waals surface area contributed by atoms with Crippen LogP contribution < -0.4 is 4.74 Å². The van der Waals surface area contributed by atoms with Crippen molar-refractivity contribution in [2.24, 2.45) is 0 Å². The minimum absolute atomic E-state index is 0.156. The van der Waals surface area contributed by atoms with E-state index < -0.39 is 10.8 Å². The second-order valence-electron chi connectivity index (χ2n) is 5.22. The van der Waals surface area contributed by atoms with E-state index in [1.54, 1.807) is 7.11 Å². The molecule has 0 aliphatic carbocycles. The second-order valence-corrected chi connectivity index (χ2v) is 6.67. The topological polar surface area (TPSA) is 91.2 Å². The van der Waals surface area contributed by atoms with E-state index in [4.69, 9.17) is 13.7 Å². The number of ether oxygens (including phenoxy) is 1. The van der Waals surface area contributed by atoms with Crippen molar-refractivity contribution in [1.82, 2.24) is 15.1 Å². The summed E-state index contributed by atoms with van der Waals surface area (Å²) < 4.78 is 27.9. The van der Waals surface area contributed by atoms with Crippen LogP contribution in [0.4, 0.5) is 0 Å². The molecule has 0 radical (unpaired) electrons. The highest BCUT2D eigenvalue weighted by molar-refractivity contribution is 7.83. The monoisotopic (exact) mass is 347 g/mol. The molecule has 0 N–H and O–H groups in total. The second kappa shape index (κ2) is 6.96. The molecular formula is C16H17N3O4S. The molecule has 0 spiro atoms. The van der Waals surface area contributed by atoms with Gasteiger partial charge in [0, 0.05) is 16.4 Å². The maximum absolute atomic E-state index is 12.2. The van der Waals surface area contributed by atoms with Gasteiger partial charge in [-0.1, -0.05) is 5.16 Å². The molecule has 24 heavy (non-hydrogen) atoms. The molecule has 0 bridgehead atoms. The molecule has 0 saturated carbocycles. The van der Waals surface area contributed by atoms with Gasteiger partial charge < -0.3 is 13.7 Å². The predicted molar refractivity (Wildman–Crippen MR) is 87.8 cm³/mol. The van der Waals surface area contributed by atoms with Gasteiger partial charge in [-0.2, -0.15) is 4.98 Å². The Morgan fingerprint density at radius 2 is 1.79 bits per heavy atom. The molecule has 0 aliphatic heterocycles. The van der Waals surface area contributed by atoms with Gasteiger partial charge in [0.25, 0.3) is 0 Å². The quantitative estimate of drug-likeness (QED) is 0.677. The van der Waals surface area contributed by atoms with Crippen molar-refractivity contribution in [2.45, 2.75) is 25.4 Å². The summed E-state index contributed by atoms with van der Waals surface area (Å²) in [6.45, 7) is 3.68. The summed E-state index contributed by atoms with van der Waals surface area (Å²) >= 11 is 0. The molecule has 3 rings (SSSR count). The van der Waals surface area contributed by atoms with Crippen LogP contribution in [-0.2, 0) is 22.3 Å². The number of aromatic nitrogens is 3. The molecule has 0 saturated heterocycles. The van der Waals surface area contributed by atoms with Gasteiger partial charge in [-0.3, -0.25) is 4.21 Å². The molecule has 126 valence electrons. The zero-order chi connectivity index (χ0) is 17.1. The van der Waals surface area contributed by atoms with Gasteiger partial charge in [-0.25, -0.2) is 4.98 Å². The molecule has 1 aromatic carbocycles. The molecule has 0 amide bonds. The van der Waals surface area contributed by atoms with E-state index in [9.17, 15) is 4.21 Å². The van der Waals surface area contributed by atoms with Crippen LogP contribution in [0.25, 0.3) is 11.4 Å². The van der Waals surface area contributed by atoms with Crippen LogP contribution in [0, 0.1) is 13.8 Å². The Labute approximate surface area is 141 Å². The van der Waals surface area contributed by atoms with E-state index in [0.29, 0.717) is 17.6 Å². The molecular weight excluding hydrogens is 330 g/mol. The third kappa shape index (κ3) is 3.70. The van der Waals surface area contributed by atoms with Crippen LogP contribution in [0.5, 0.6) is 5.75 Å². The number of hydrogen-bond acceptors (Lipinski definition) is 7. The summed E-state index contributed by atoms with van der Waals surface area (Å²) in [6.07, 6.45) is 0. The normalized spacial score (nSPS) is 12.3. The van der Waals surface area contributed by atoms with Gasteiger partial charge in [0.2, 0.25) is 17.6 Å². The minimum Gasteiger partial charge on any atom is -0.497 e. The smallest absolute Gasteiger partial charge is 0.239 e. The van der Waals surface area contributed by atoms with Crippen molar-refractivity contribution in [3.05, 3.63) is 47.5 Å². The predicted octanol–water partition coefficient (Wildman–Crippen LogP) is 2.80. The summed E-state index contributed by atoms with van der Waals surface area (Å²) in [5.41, 5.74) is 1.61. The summed E-state index contributed by atoms with van der Waals surface area (Å²) in [5, 5.41) is 3.92. The molecule has 0 fully saturated rings. The minimum atomic E-state index is -1.24. The van der Waals surface area contributed by atoms with E-state index in [2.05, 4.69) is 15.1 Å². The number of nitrogens with zero attached hydrogens (tertiary/aromatic N) is 3. The largest absolute Gasteiger partial charge is 0.497 e. The first-order valence-electron chi connectivity index (χ1n) is 7.30. The lowest BCUT2D eigenvalue weighted by Gasteiger charge is -1.98. The summed E-state index contributed by atoms with van der Waals surface area (Å²) in [4.78, 5) is 8.50. The first-order valence-corrected chi connectivity index (χ1v) is 8.79. The van der Waals surface area contributed by atoms with Crippen LogP contribution >= 0.6 is 0 Å². The van der Waals surface area contributed by atoms with Gasteiger partial charge in [-0.05, 0) is 38.1 Å². The highest BCUT2D eigenvalue weighted by Crippen LogP contribution is 2.20. The Bertz CT molecular complexity index is 835. The molecule has 0 unspecified atom stereocenters. The third-order valence-electron chi connectivity index (χ3n) is 3.46. The summed E-state index contributed by atoms with van der Waals surface area (Å²) in [7, 11) is 0.367. The first kappa shape index (κ1) is 16.4. The summed E-state index contributed by atoms with van der Waals surface area (Å²) in [6, 6.07) is 7.30. The zero-order valence-corrected chi connectivity index (χ0v) is 14.4. The Hall–Kier alpha value is -2.48. The molecule has 1 atom stereocenters. The van der Waals surface area contributed by atoms with Crippen molar-refractivity contribution in [2.75, 3.05) is 7.11 Å². The number of benzene rings is 1. The molecule has 3 aromatic rings. The number of rotatable bonds is 6. The van der Waals surface area contributed by atoms with Crippen molar-refractivity contribution < 1.29 is 17.9 Å². The Balaban J connectivity index is 1.65. The average molecular weight is 347 g/mol. The Kier molecular flexibility index (Phi) is 4.75. The van der Waals surface area contributed by atoms with Crippen molar-refractivity contribution in [3.63, 3.8) is 0 Å². The zero-order valence-electron chi connectivity index (χ0n) is 13.6. The molecule has 2 heterocycles. The molecule has 7 nitrogen and oxygen atoms in total. The Morgan fingerprint density at radius 1 is 1.08 bits per heavy atom. The molecule has 8 heteroatoms. The number of hydrogen-bond donors (Lipinski definition) is 0. The van der Waals surface area contributed by atoms with E-state index >= 15 is 0 Å². The van der Waals surface area contributed by atoms with Crippen LogP contribution in [0.3, 0.4) is 0 Å². The first-order chi connectivity index (χ1) is 11.5. The van der Waals surface area contributed by atoms with Crippen LogP contribution in [0.15, 0.2) is 33.2 Å². The fourth-order valence-corrected chi connectivity index (χ4v) is 2.99. The molecule has 2 aromatic heterocycles.